The van der Waals surface area contributed by atoms with Crippen LogP contribution in [-0.2, 0) is 38.1 Å². The molecule has 2 saturated heterocycles. The molecule has 4 aliphatic carbocycles. The first-order chi connectivity index (χ1) is 19.3. The molecule has 3 N–H and O–H groups in total. The van der Waals surface area contributed by atoms with Crippen molar-refractivity contribution in [3.63, 3.8) is 0 Å². The molecule has 12 unspecified atom stereocenters. The Balaban J connectivity index is 1.14. The molecular formula is C30H38O11. The predicted octanol–water partition coefficient (Wildman–Crippen LogP) is 0.869. The second-order valence-corrected chi connectivity index (χ2v) is 13.5. The highest BCUT2D eigenvalue weighted by atomic mass is 16.8. The van der Waals surface area contributed by atoms with E-state index in [-0.39, 0.29) is 32.0 Å². The van der Waals surface area contributed by atoms with Crippen molar-refractivity contribution in [2.45, 2.75) is 107 Å². The van der Waals surface area contributed by atoms with Gasteiger partial charge in [0, 0.05) is 29.4 Å². The zero-order chi connectivity index (χ0) is 29.1. The Hall–Kier alpha value is -1.99. The lowest BCUT2D eigenvalue weighted by Crippen LogP contribution is -2.73. The van der Waals surface area contributed by atoms with Crippen LogP contribution < -0.4 is 0 Å². The number of Topliss-reactive ketones (excluding diaryl/α,β-unsaturated/α-hetero) is 2. The number of hydrogen-bond donors (Lipinski definition) is 3. The Morgan fingerprint density at radius 1 is 1.07 bits per heavy atom. The maximum absolute atomic E-state index is 14.1. The van der Waals surface area contributed by atoms with Crippen LogP contribution in [0.5, 0.6) is 0 Å². The molecule has 0 aromatic carbocycles. The number of aliphatic hydroxyl groups is 3. The van der Waals surface area contributed by atoms with Crippen molar-refractivity contribution in [3.8, 4) is 0 Å². The first-order valence-corrected chi connectivity index (χ1v) is 14.7. The van der Waals surface area contributed by atoms with Gasteiger partial charge in [-0.15, -0.1) is 0 Å². The maximum Gasteiger partial charge on any atom is 0.331 e. The highest BCUT2D eigenvalue weighted by Gasteiger charge is 2.74. The third-order valence-corrected chi connectivity index (χ3v) is 11.8. The van der Waals surface area contributed by atoms with E-state index < -0.39 is 82.4 Å². The Morgan fingerprint density at radius 2 is 1.85 bits per heavy atom. The number of hydrogen-bond acceptors (Lipinski definition) is 11. The van der Waals surface area contributed by atoms with Gasteiger partial charge in [0.25, 0.3) is 0 Å². The average Bonchev–Trinajstić information content (AvgIpc) is 3.65. The lowest BCUT2D eigenvalue weighted by atomic mass is 9.41. The Labute approximate surface area is 237 Å². The molecule has 3 heterocycles. The summed E-state index contributed by atoms with van der Waals surface area (Å²) in [6.45, 7) is 5.42. The van der Waals surface area contributed by atoms with Gasteiger partial charge in [-0.3, -0.25) is 9.59 Å². The van der Waals surface area contributed by atoms with Gasteiger partial charge in [-0.05, 0) is 57.4 Å². The fourth-order valence-corrected chi connectivity index (χ4v) is 9.46. The largest absolute Gasteiger partial charge is 0.458 e. The summed E-state index contributed by atoms with van der Waals surface area (Å²) in [7, 11) is 0. The Morgan fingerprint density at radius 3 is 2.59 bits per heavy atom. The van der Waals surface area contributed by atoms with E-state index in [9.17, 15) is 29.7 Å². The summed E-state index contributed by atoms with van der Waals surface area (Å²) in [5.41, 5.74) is -3.98. The summed E-state index contributed by atoms with van der Waals surface area (Å²) < 4.78 is 28.0. The van der Waals surface area contributed by atoms with Gasteiger partial charge in [-0.2, -0.15) is 0 Å². The number of aliphatic hydroxyl groups excluding tert-OH is 1. The molecule has 3 saturated carbocycles. The fraction of sp³-hybridized carbons (Fsp3) is 0.767. The van der Waals surface area contributed by atoms with Crippen LogP contribution in [0, 0.1) is 22.7 Å². The zero-order valence-electron chi connectivity index (χ0n) is 23.5. The van der Waals surface area contributed by atoms with Gasteiger partial charge in [0.05, 0.1) is 28.8 Å². The second-order valence-electron chi connectivity index (χ2n) is 13.5. The van der Waals surface area contributed by atoms with Gasteiger partial charge in [-0.25, -0.2) is 4.79 Å². The van der Waals surface area contributed by atoms with Crippen molar-refractivity contribution in [1.29, 1.82) is 0 Å². The number of carbonyl (C=O) groups is 3. The second kappa shape index (κ2) is 9.01. The molecule has 5 fully saturated rings. The van der Waals surface area contributed by atoms with E-state index in [1.54, 1.807) is 19.9 Å². The molecular weight excluding hydrogens is 536 g/mol. The van der Waals surface area contributed by atoms with Crippen LogP contribution >= 0.6 is 0 Å². The molecule has 0 aromatic rings. The number of carbonyl (C=O) groups excluding carboxylic acids is 3. The van der Waals surface area contributed by atoms with E-state index in [4.69, 9.17) is 23.7 Å². The highest BCUT2D eigenvalue weighted by molar-refractivity contribution is 5.97. The normalized spacial score (nSPS) is 52.7. The number of fused-ring (bicyclic) bond motifs is 6. The SMILES string of the molecule is CC1OC(OC2CCC3(C)C4C(O)C(=O)C5(C)C(C6=CC(=O)OC6)=CCC5(O)C4CCC3(O)C2)C(=O)C2OCOC12. The molecule has 224 valence electrons. The van der Waals surface area contributed by atoms with E-state index in [1.807, 2.05) is 6.92 Å². The van der Waals surface area contributed by atoms with Crippen LogP contribution in [-0.4, -0.2) is 94.3 Å². The molecule has 0 aromatic heterocycles. The maximum atomic E-state index is 14.1. The van der Waals surface area contributed by atoms with Crippen molar-refractivity contribution < 1.29 is 53.4 Å². The van der Waals surface area contributed by atoms with Crippen molar-refractivity contribution in [3.05, 3.63) is 23.3 Å². The Bertz CT molecular complexity index is 1260. The minimum atomic E-state index is -1.48. The van der Waals surface area contributed by atoms with E-state index in [0.717, 1.165) is 0 Å². The summed E-state index contributed by atoms with van der Waals surface area (Å²) in [5.74, 6) is -2.48. The van der Waals surface area contributed by atoms with Crippen LogP contribution in [0.1, 0.15) is 59.3 Å². The van der Waals surface area contributed by atoms with Crippen LogP contribution in [0.3, 0.4) is 0 Å². The van der Waals surface area contributed by atoms with Crippen molar-refractivity contribution in [2.24, 2.45) is 22.7 Å². The molecule has 3 aliphatic heterocycles. The van der Waals surface area contributed by atoms with Gasteiger partial charge in [0.15, 0.2) is 11.9 Å². The monoisotopic (exact) mass is 574 g/mol. The molecule has 0 amide bonds. The average molecular weight is 575 g/mol. The predicted molar refractivity (Wildman–Crippen MR) is 138 cm³/mol. The quantitative estimate of drug-likeness (QED) is 0.324. The van der Waals surface area contributed by atoms with Gasteiger partial charge >= 0.3 is 5.97 Å². The van der Waals surface area contributed by atoms with Crippen molar-refractivity contribution in [1.82, 2.24) is 0 Å². The summed E-state index contributed by atoms with van der Waals surface area (Å²) in [6.07, 6.45) is 0.534. The first-order valence-electron chi connectivity index (χ1n) is 14.7. The molecule has 7 rings (SSSR count). The lowest BCUT2D eigenvalue weighted by molar-refractivity contribution is -0.279. The van der Waals surface area contributed by atoms with Crippen LogP contribution in [0.25, 0.3) is 0 Å². The summed E-state index contributed by atoms with van der Waals surface area (Å²) in [6, 6.07) is 0. The summed E-state index contributed by atoms with van der Waals surface area (Å²) >= 11 is 0. The zero-order valence-corrected chi connectivity index (χ0v) is 23.5. The van der Waals surface area contributed by atoms with E-state index in [0.29, 0.717) is 36.8 Å². The smallest absolute Gasteiger partial charge is 0.331 e. The topological polar surface area (TPSA) is 158 Å². The molecule has 0 bridgehead atoms. The van der Waals surface area contributed by atoms with Crippen LogP contribution in [0.2, 0.25) is 0 Å². The van der Waals surface area contributed by atoms with Crippen LogP contribution in [0.4, 0.5) is 0 Å². The molecule has 12 atom stereocenters. The first kappa shape index (κ1) is 27.8. The number of ether oxygens (including phenoxy) is 5. The minimum absolute atomic E-state index is 0.0263. The van der Waals surface area contributed by atoms with Gasteiger partial charge in [0.2, 0.25) is 12.1 Å². The lowest BCUT2D eigenvalue weighted by Gasteiger charge is -2.66. The van der Waals surface area contributed by atoms with Crippen molar-refractivity contribution >= 4 is 17.5 Å². The molecule has 11 heteroatoms. The summed E-state index contributed by atoms with van der Waals surface area (Å²) in [5, 5.41) is 36.2. The van der Waals surface area contributed by atoms with E-state index in [1.165, 1.54) is 6.08 Å². The molecule has 11 nitrogen and oxygen atoms in total. The third kappa shape index (κ3) is 3.54. The molecule has 7 aliphatic rings. The number of ketones is 2. The molecule has 0 spiro atoms. The number of cyclic esters (lactones) is 1. The standard InChI is InChI=1S/C30H38O11/c1-14-23-24(39-13-38-23)22(33)26(40-14)41-16-4-7-27(2)20-18(5-8-29(27,35)11-16)30(36)9-6-17(15-10-19(31)37-12-15)28(30,3)25(34)21(20)32/h6,10,14,16,18,20-21,23-24,26,32,35-36H,4-5,7-9,11-13H2,1-3H3. The van der Waals surface area contributed by atoms with Crippen LogP contribution in [0.15, 0.2) is 23.3 Å². The van der Waals surface area contributed by atoms with Crippen molar-refractivity contribution in [2.75, 3.05) is 13.4 Å². The highest BCUT2D eigenvalue weighted by Crippen LogP contribution is 2.68. The van der Waals surface area contributed by atoms with Gasteiger partial charge in [0.1, 0.15) is 25.6 Å². The molecule has 0 radical (unpaired) electrons. The van der Waals surface area contributed by atoms with Gasteiger partial charge < -0.3 is 39.0 Å². The fourth-order valence-electron chi connectivity index (χ4n) is 9.46. The summed E-state index contributed by atoms with van der Waals surface area (Å²) in [4.78, 5) is 38.8. The third-order valence-electron chi connectivity index (χ3n) is 11.8. The van der Waals surface area contributed by atoms with E-state index >= 15 is 0 Å². The minimum Gasteiger partial charge on any atom is -0.458 e. The van der Waals surface area contributed by atoms with E-state index in [2.05, 4.69) is 0 Å². The molecule has 41 heavy (non-hydrogen) atoms. The van der Waals surface area contributed by atoms with Gasteiger partial charge in [-0.1, -0.05) is 13.0 Å². The Kier molecular flexibility index (Phi) is 6.11. The number of rotatable bonds is 3. The number of esters is 1.